The molecule has 0 aliphatic carbocycles. The van der Waals surface area contributed by atoms with Crippen molar-refractivity contribution >= 4 is 38.8 Å². The molecule has 1 aromatic carbocycles. The molecule has 0 aliphatic heterocycles. The Morgan fingerprint density at radius 2 is 2.33 bits per heavy atom. The van der Waals surface area contributed by atoms with Gasteiger partial charge in [-0.25, -0.2) is 4.98 Å². The topological polar surface area (TPSA) is 111 Å². The number of fused-ring (bicyclic) bond motifs is 1. The van der Waals surface area contributed by atoms with Gasteiger partial charge in [0.05, 0.1) is 15.1 Å². The molecule has 2 rings (SSSR count). The lowest BCUT2D eigenvalue weighted by atomic mass is 10.2. The number of nitro groups is 1. The third-order valence-corrected chi connectivity index (χ3v) is 3.14. The molecule has 0 aliphatic rings. The molecular formula is C10H10N4O3S. The zero-order valence-electron chi connectivity index (χ0n) is 9.25. The summed E-state index contributed by atoms with van der Waals surface area (Å²) >= 11 is 1.34. The number of carbonyl (C=O) groups excluding carboxylic acids is 1. The molecule has 2 aromatic rings. The summed E-state index contributed by atoms with van der Waals surface area (Å²) in [5, 5.41) is 13.9. The monoisotopic (exact) mass is 266 g/mol. The molecule has 0 unspecified atom stereocenters. The van der Waals surface area contributed by atoms with E-state index in [9.17, 15) is 14.9 Å². The number of nitrogens with two attached hydrogens (primary N) is 1. The number of primary amides is 1. The molecule has 0 saturated carbocycles. The second-order valence-electron chi connectivity index (χ2n) is 3.56. The van der Waals surface area contributed by atoms with Crippen LogP contribution < -0.4 is 11.1 Å². The number of anilines is 1. The standard InChI is InChI=1S/C10H10N4O3S/c11-8(15)3-4-12-6-1-2-7-9(13-5-18-7)10(6)14(16)17/h1-2,5,12H,3-4H2,(H2,11,15). The van der Waals surface area contributed by atoms with Crippen molar-refractivity contribution in [1.29, 1.82) is 0 Å². The van der Waals surface area contributed by atoms with Crippen molar-refractivity contribution in [3.8, 4) is 0 Å². The van der Waals surface area contributed by atoms with Gasteiger partial charge in [0.1, 0.15) is 5.69 Å². The molecular weight excluding hydrogens is 256 g/mol. The zero-order valence-corrected chi connectivity index (χ0v) is 10.1. The maximum absolute atomic E-state index is 11.1. The average Bonchev–Trinajstić information content (AvgIpc) is 2.75. The minimum atomic E-state index is -0.478. The van der Waals surface area contributed by atoms with Crippen molar-refractivity contribution in [2.75, 3.05) is 11.9 Å². The number of nitrogens with one attached hydrogen (secondary N) is 1. The highest BCUT2D eigenvalue weighted by molar-refractivity contribution is 7.16. The SMILES string of the molecule is NC(=O)CCNc1ccc2scnc2c1[N+](=O)[O-]. The van der Waals surface area contributed by atoms with Gasteiger partial charge in [0.2, 0.25) is 5.91 Å². The number of hydrogen-bond donors (Lipinski definition) is 2. The number of amides is 1. The quantitative estimate of drug-likeness (QED) is 0.629. The first-order valence-electron chi connectivity index (χ1n) is 5.12. The molecule has 1 amide bonds. The van der Waals surface area contributed by atoms with Crippen LogP contribution in [0.3, 0.4) is 0 Å². The second kappa shape index (κ2) is 4.96. The van der Waals surface area contributed by atoms with Crippen molar-refractivity contribution in [1.82, 2.24) is 4.98 Å². The van der Waals surface area contributed by atoms with Gasteiger partial charge in [-0.1, -0.05) is 0 Å². The third kappa shape index (κ3) is 2.38. The number of benzene rings is 1. The van der Waals surface area contributed by atoms with Gasteiger partial charge in [-0.05, 0) is 12.1 Å². The molecule has 0 saturated heterocycles. The summed E-state index contributed by atoms with van der Waals surface area (Å²) in [6.07, 6.45) is 0.117. The van der Waals surface area contributed by atoms with E-state index in [1.165, 1.54) is 11.3 Å². The van der Waals surface area contributed by atoms with Crippen molar-refractivity contribution in [3.05, 3.63) is 27.8 Å². The summed E-state index contributed by atoms with van der Waals surface area (Å²) in [7, 11) is 0. The molecule has 0 atom stereocenters. The fraction of sp³-hybridized carbons (Fsp3) is 0.200. The Bertz CT molecular complexity index is 610. The van der Waals surface area contributed by atoms with Gasteiger partial charge >= 0.3 is 5.69 Å². The predicted octanol–water partition coefficient (Wildman–Crippen LogP) is 1.49. The zero-order chi connectivity index (χ0) is 13.1. The second-order valence-corrected chi connectivity index (χ2v) is 4.45. The van der Waals surface area contributed by atoms with E-state index in [0.29, 0.717) is 11.2 Å². The summed E-state index contributed by atoms with van der Waals surface area (Å²) < 4.78 is 0.752. The van der Waals surface area contributed by atoms with Crippen LogP contribution in [0.5, 0.6) is 0 Å². The number of nitrogens with zero attached hydrogens (tertiary/aromatic N) is 2. The first-order valence-corrected chi connectivity index (χ1v) is 6.00. The molecule has 94 valence electrons. The molecule has 1 heterocycles. The number of nitro benzene ring substituents is 1. The Kier molecular flexibility index (Phi) is 3.38. The molecule has 8 heteroatoms. The lowest BCUT2D eigenvalue weighted by molar-refractivity contribution is -0.382. The van der Waals surface area contributed by atoms with Crippen molar-refractivity contribution in [2.45, 2.75) is 6.42 Å². The van der Waals surface area contributed by atoms with Crippen LogP contribution in [-0.4, -0.2) is 22.4 Å². The predicted molar refractivity (Wildman–Crippen MR) is 68.6 cm³/mol. The summed E-state index contributed by atoms with van der Waals surface area (Å²) in [6.45, 7) is 0.256. The van der Waals surface area contributed by atoms with E-state index in [0.717, 1.165) is 4.70 Å². The van der Waals surface area contributed by atoms with Crippen LogP contribution in [0.1, 0.15) is 6.42 Å². The highest BCUT2D eigenvalue weighted by Crippen LogP contribution is 2.34. The Balaban J connectivity index is 2.34. The van der Waals surface area contributed by atoms with Gasteiger partial charge < -0.3 is 11.1 Å². The summed E-state index contributed by atoms with van der Waals surface area (Å²) in [5.74, 6) is -0.458. The van der Waals surface area contributed by atoms with Crippen LogP contribution in [0, 0.1) is 10.1 Å². The molecule has 0 spiro atoms. The van der Waals surface area contributed by atoms with E-state index < -0.39 is 10.8 Å². The summed E-state index contributed by atoms with van der Waals surface area (Å²) in [6, 6.07) is 3.37. The lowest BCUT2D eigenvalue weighted by Gasteiger charge is -2.05. The van der Waals surface area contributed by atoms with E-state index in [4.69, 9.17) is 5.73 Å². The van der Waals surface area contributed by atoms with Gasteiger partial charge in [-0.2, -0.15) is 0 Å². The highest BCUT2D eigenvalue weighted by Gasteiger charge is 2.20. The Morgan fingerprint density at radius 1 is 1.56 bits per heavy atom. The minimum Gasteiger partial charge on any atom is -0.379 e. The Morgan fingerprint density at radius 3 is 3.00 bits per heavy atom. The first-order chi connectivity index (χ1) is 8.59. The number of hydrogen-bond acceptors (Lipinski definition) is 6. The number of rotatable bonds is 5. The molecule has 3 N–H and O–H groups in total. The molecule has 1 aromatic heterocycles. The van der Waals surface area contributed by atoms with Crippen LogP contribution in [0.2, 0.25) is 0 Å². The number of carbonyl (C=O) groups is 1. The van der Waals surface area contributed by atoms with Crippen LogP contribution >= 0.6 is 11.3 Å². The van der Waals surface area contributed by atoms with Crippen molar-refractivity contribution in [2.24, 2.45) is 5.73 Å². The molecule has 0 bridgehead atoms. The van der Waals surface area contributed by atoms with E-state index >= 15 is 0 Å². The fourth-order valence-corrected chi connectivity index (χ4v) is 2.24. The van der Waals surface area contributed by atoms with Gasteiger partial charge in [0.15, 0.2) is 5.52 Å². The van der Waals surface area contributed by atoms with Crippen LogP contribution in [0.15, 0.2) is 17.6 Å². The minimum absolute atomic E-state index is 0.0711. The summed E-state index contributed by atoms with van der Waals surface area (Å²) in [4.78, 5) is 25.2. The first kappa shape index (κ1) is 12.2. The third-order valence-electron chi connectivity index (χ3n) is 2.35. The number of thiazole rings is 1. The van der Waals surface area contributed by atoms with Crippen molar-refractivity contribution < 1.29 is 9.72 Å². The Labute approximate surface area is 106 Å². The van der Waals surface area contributed by atoms with Gasteiger partial charge in [0, 0.05) is 13.0 Å². The normalized spacial score (nSPS) is 10.4. The van der Waals surface area contributed by atoms with Crippen LogP contribution in [0.4, 0.5) is 11.4 Å². The maximum Gasteiger partial charge on any atom is 0.319 e. The maximum atomic E-state index is 11.1. The van der Waals surface area contributed by atoms with Gasteiger partial charge in [-0.15, -0.1) is 11.3 Å². The fourth-order valence-electron chi connectivity index (χ4n) is 1.56. The summed E-state index contributed by atoms with van der Waals surface area (Å²) in [5.41, 5.74) is 7.20. The van der Waals surface area contributed by atoms with E-state index in [-0.39, 0.29) is 18.7 Å². The van der Waals surface area contributed by atoms with Gasteiger partial charge in [-0.3, -0.25) is 14.9 Å². The lowest BCUT2D eigenvalue weighted by Crippen LogP contribution is -2.16. The molecule has 18 heavy (non-hydrogen) atoms. The van der Waals surface area contributed by atoms with Gasteiger partial charge in [0.25, 0.3) is 0 Å². The van der Waals surface area contributed by atoms with E-state index in [1.54, 1.807) is 17.6 Å². The average molecular weight is 266 g/mol. The molecule has 0 radical (unpaired) electrons. The Hall–Kier alpha value is -2.22. The van der Waals surface area contributed by atoms with Crippen LogP contribution in [-0.2, 0) is 4.79 Å². The van der Waals surface area contributed by atoms with E-state index in [2.05, 4.69) is 10.3 Å². The molecule has 0 fully saturated rings. The largest absolute Gasteiger partial charge is 0.379 e. The van der Waals surface area contributed by atoms with Crippen LogP contribution in [0.25, 0.3) is 10.2 Å². The highest BCUT2D eigenvalue weighted by atomic mass is 32.1. The number of aromatic nitrogens is 1. The molecule has 7 nitrogen and oxygen atoms in total. The van der Waals surface area contributed by atoms with Crippen molar-refractivity contribution in [3.63, 3.8) is 0 Å². The van der Waals surface area contributed by atoms with E-state index in [1.807, 2.05) is 0 Å². The smallest absolute Gasteiger partial charge is 0.319 e.